The zero-order valence-corrected chi connectivity index (χ0v) is 13.6. The number of carbonyl (C=O) groups is 1. The number of aliphatic hydroxyl groups is 1. The zero-order chi connectivity index (χ0) is 14.8. The molecule has 4 rings (SSSR count). The van der Waals surface area contributed by atoms with Crippen LogP contribution in [-0.2, 0) is 4.79 Å². The molecule has 4 unspecified atom stereocenters. The summed E-state index contributed by atoms with van der Waals surface area (Å²) < 4.78 is 0. The minimum Gasteiger partial charge on any atom is -0.393 e. The topological polar surface area (TPSA) is 37.3 Å². The van der Waals surface area contributed by atoms with Crippen molar-refractivity contribution in [3.8, 4) is 0 Å². The molecule has 21 heavy (non-hydrogen) atoms. The highest BCUT2D eigenvalue weighted by molar-refractivity contribution is 5.87. The maximum atomic E-state index is 12.4. The maximum Gasteiger partial charge on any atom is 0.139 e. The molecule has 4 fully saturated rings. The van der Waals surface area contributed by atoms with Crippen LogP contribution < -0.4 is 0 Å². The molecule has 118 valence electrons. The largest absolute Gasteiger partial charge is 0.393 e. The molecule has 0 radical (unpaired) electrons. The third kappa shape index (κ3) is 1.77. The highest BCUT2D eigenvalue weighted by Gasteiger charge is 2.61. The minimum absolute atomic E-state index is 0.0568. The van der Waals surface area contributed by atoms with E-state index in [4.69, 9.17) is 0 Å². The second-order valence-electron chi connectivity index (χ2n) is 8.96. The smallest absolute Gasteiger partial charge is 0.139 e. The highest BCUT2D eigenvalue weighted by Crippen LogP contribution is 2.65. The van der Waals surface area contributed by atoms with Crippen LogP contribution in [0.4, 0.5) is 0 Å². The monoisotopic (exact) mass is 290 g/mol. The van der Waals surface area contributed by atoms with Crippen LogP contribution in [0.3, 0.4) is 0 Å². The van der Waals surface area contributed by atoms with Crippen molar-refractivity contribution in [3.63, 3.8) is 0 Å². The van der Waals surface area contributed by atoms with E-state index in [2.05, 4.69) is 13.8 Å². The van der Waals surface area contributed by atoms with Crippen molar-refractivity contribution in [3.05, 3.63) is 0 Å². The lowest BCUT2D eigenvalue weighted by Gasteiger charge is -2.60. The summed E-state index contributed by atoms with van der Waals surface area (Å²) in [5.41, 5.74) is 0.284. The molecule has 0 aromatic heterocycles. The Kier molecular flexibility index (Phi) is 3.10. The first-order chi connectivity index (χ1) is 9.97. The number of hydrogen-bond donors (Lipinski definition) is 1. The maximum absolute atomic E-state index is 12.4. The van der Waals surface area contributed by atoms with Crippen LogP contribution in [0.5, 0.6) is 0 Å². The Labute approximate surface area is 128 Å². The van der Waals surface area contributed by atoms with Crippen molar-refractivity contribution < 1.29 is 9.90 Å². The van der Waals surface area contributed by atoms with Gasteiger partial charge in [-0.3, -0.25) is 4.79 Å². The Morgan fingerprint density at radius 2 is 1.81 bits per heavy atom. The van der Waals surface area contributed by atoms with E-state index in [9.17, 15) is 9.90 Å². The highest BCUT2D eigenvalue weighted by atomic mass is 16.3. The quantitative estimate of drug-likeness (QED) is 0.733. The van der Waals surface area contributed by atoms with Crippen LogP contribution in [0.2, 0.25) is 0 Å². The van der Waals surface area contributed by atoms with Gasteiger partial charge in [-0.05, 0) is 67.6 Å². The van der Waals surface area contributed by atoms with Gasteiger partial charge in [-0.15, -0.1) is 0 Å². The predicted octanol–water partition coefficient (Wildman–Crippen LogP) is 3.96. The van der Waals surface area contributed by atoms with E-state index in [-0.39, 0.29) is 11.5 Å². The lowest BCUT2D eigenvalue weighted by Crippen LogP contribution is -2.57. The molecule has 0 amide bonds. The summed E-state index contributed by atoms with van der Waals surface area (Å²) in [7, 11) is 0. The Balaban J connectivity index is 1.69. The van der Waals surface area contributed by atoms with Crippen molar-refractivity contribution in [2.45, 2.75) is 77.7 Å². The van der Waals surface area contributed by atoms with Gasteiger partial charge in [-0.25, -0.2) is 0 Å². The van der Waals surface area contributed by atoms with E-state index in [0.29, 0.717) is 29.0 Å². The first kappa shape index (κ1) is 14.2. The van der Waals surface area contributed by atoms with E-state index in [1.54, 1.807) is 0 Å². The third-order valence-corrected chi connectivity index (χ3v) is 8.30. The molecule has 0 saturated heterocycles. The van der Waals surface area contributed by atoms with Crippen molar-refractivity contribution in [2.24, 2.45) is 34.5 Å². The fraction of sp³-hybridized carbons (Fsp3) is 0.947. The summed E-state index contributed by atoms with van der Waals surface area (Å²) in [5, 5.41) is 10.8. The van der Waals surface area contributed by atoms with Gasteiger partial charge in [-0.1, -0.05) is 26.7 Å². The third-order valence-electron chi connectivity index (χ3n) is 8.30. The molecule has 2 nitrogen and oxygen atoms in total. The van der Waals surface area contributed by atoms with Crippen LogP contribution in [0.1, 0.15) is 71.6 Å². The lowest BCUT2D eigenvalue weighted by atomic mass is 9.45. The van der Waals surface area contributed by atoms with Gasteiger partial charge in [0.1, 0.15) is 5.78 Å². The Bertz CT molecular complexity index is 458. The van der Waals surface area contributed by atoms with Crippen LogP contribution in [0.15, 0.2) is 0 Å². The Morgan fingerprint density at radius 1 is 1.00 bits per heavy atom. The van der Waals surface area contributed by atoms with Gasteiger partial charge in [-0.2, -0.15) is 0 Å². The van der Waals surface area contributed by atoms with Crippen molar-refractivity contribution >= 4 is 5.78 Å². The van der Waals surface area contributed by atoms with Crippen molar-refractivity contribution in [2.75, 3.05) is 0 Å². The molecule has 4 saturated carbocycles. The SMILES string of the molecule is C[C@]12CCCCC1C(O)C[C@@H]1C2CC[C@]2(C)C(=O)CCC12. The molecule has 4 aliphatic rings. The van der Waals surface area contributed by atoms with Crippen LogP contribution in [0, 0.1) is 34.5 Å². The number of ketones is 1. The minimum atomic E-state index is -0.116. The van der Waals surface area contributed by atoms with Gasteiger partial charge < -0.3 is 5.11 Å². The molecule has 7 atom stereocenters. The first-order valence-corrected chi connectivity index (χ1v) is 9.18. The number of rotatable bonds is 0. The van der Waals surface area contributed by atoms with Crippen molar-refractivity contribution in [1.82, 2.24) is 0 Å². The molecule has 0 aliphatic heterocycles. The summed E-state index contributed by atoms with van der Waals surface area (Å²) in [6, 6.07) is 0. The van der Waals surface area contributed by atoms with Gasteiger partial charge >= 0.3 is 0 Å². The van der Waals surface area contributed by atoms with Gasteiger partial charge in [0.15, 0.2) is 0 Å². The predicted molar refractivity (Wildman–Crippen MR) is 82.7 cm³/mol. The second kappa shape index (κ2) is 4.57. The van der Waals surface area contributed by atoms with E-state index in [0.717, 1.165) is 31.6 Å². The van der Waals surface area contributed by atoms with Gasteiger partial charge in [0.25, 0.3) is 0 Å². The summed E-state index contributed by atoms with van der Waals surface area (Å²) in [6.45, 7) is 4.70. The number of hydrogen-bond acceptors (Lipinski definition) is 2. The van der Waals surface area contributed by atoms with E-state index < -0.39 is 0 Å². The van der Waals surface area contributed by atoms with Gasteiger partial charge in [0, 0.05) is 11.8 Å². The molecule has 0 aromatic rings. The average Bonchev–Trinajstić information content (AvgIpc) is 2.75. The van der Waals surface area contributed by atoms with E-state index in [1.165, 1.54) is 32.1 Å². The van der Waals surface area contributed by atoms with Crippen molar-refractivity contribution in [1.29, 1.82) is 0 Å². The molecule has 0 heterocycles. The van der Waals surface area contributed by atoms with Gasteiger partial charge in [0.05, 0.1) is 6.10 Å². The Hall–Kier alpha value is -0.370. The first-order valence-electron chi connectivity index (χ1n) is 9.18. The average molecular weight is 290 g/mol. The van der Waals surface area contributed by atoms with Crippen LogP contribution >= 0.6 is 0 Å². The molecular formula is C19H30O2. The summed E-state index contributed by atoms with van der Waals surface area (Å²) in [6.07, 6.45) is 10.2. The van der Waals surface area contributed by atoms with Crippen LogP contribution in [0.25, 0.3) is 0 Å². The fourth-order valence-corrected chi connectivity index (χ4v) is 7.13. The molecule has 1 N–H and O–H groups in total. The number of carbonyl (C=O) groups excluding carboxylic acids is 1. The molecule has 0 bridgehead atoms. The second-order valence-corrected chi connectivity index (χ2v) is 8.96. The summed E-state index contributed by atoms with van der Waals surface area (Å²) >= 11 is 0. The Morgan fingerprint density at radius 3 is 2.62 bits per heavy atom. The van der Waals surface area contributed by atoms with E-state index in [1.807, 2.05) is 0 Å². The molecule has 0 aromatic carbocycles. The standard InChI is InChI=1S/C19H30O2/c1-18-9-4-3-5-15(18)16(20)11-12-13-6-7-17(21)19(13,2)10-8-14(12)18/h12-16,20H,3-11H2,1-2H3/t12-,13?,14?,15?,16?,18+,19-/m0/s1. The summed E-state index contributed by atoms with van der Waals surface area (Å²) in [4.78, 5) is 12.4. The molecule has 4 aliphatic carbocycles. The number of aliphatic hydroxyl groups excluding tert-OH is 1. The number of fused-ring (bicyclic) bond motifs is 5. The molecule has 0 spiro atoms. The van der Waals surface area contributed by atoms with Gasteiger partial charge in [0.2, 0.25) is 0 Å². The normalized spacial score (nSPS) is 56.5. The van der Waals surface area contributed by atoms with Crippen LogP contribution in [-0.4, -0.2) is 17.0 Å². The zero-order valence-electron chi connectivity index (χ0n) is 13.6. The van der Waals surface area contributed by atoms with E-state index >= 15 is 0 Å². The summed E-state index contributed by atoms with van der Waals surface area (Å²) in [5.74, 6) is 2.95. The lowest BCUT2D eigenvalue weighted by molar-refractivity contribution is -0.159. The molecular weight excluding hydrogens is 260 g/mol. The molecule has 2 heteroatoms. The number of Topliss-reactive ketones (excluding diaryl/α,β-unsaturated/α-hetero) is 1. The fourth-order valence-electron chi connectivity index (χ4n) is 7.13.